The summed E-state index contributed by atoms with van der Waals surface area (Å²) in [5.41, 5.74) is 2.55. The number of rotatable bonds is 2. The molecule has 1 saturated heterocycles. The van der Waals surface area contributed by atoms with Gasteiger partial charge in [-0.1, -0.05) is 6.07 Å². The lowest BCUT2D eigenvalue weighted by Crippen LogP contribution is -2.51. The Bertz CT molecular complexity index is 604. The van der Waals surface area contributed by atoms with E-state index in [0.717, 1.165) is 19.4 Å². The fourth-order valence-corrected chi connectivity index (χ4v) is 4.72. The van der Waals surface area contributed by atoms with Gasteiger partial charge in [0.2, 0.25) is 10.0 Å². The molecule has 3 rings (SSSR count). The minimum atomic E-state index is -3.34. The van der Waals surface area contributed by atoms with E-state index in [1.165, 1.54) is 24.0 Å². The van der Waals surface area contributed by atoms with E-state index in [4.69, 9.17) is 0 Å². The minimum Gasteiger partial charge on any atom is -0.312 e. The van der Waals surface area contributed by atoms with Gasteiger partial charge in [0.25, 0.3) is 0 Å². The van der Waals surface area contributed by atoms with Crippen molar-refractivity contribution in [2.24, 2.45) is 0 Å². The van der Waals surface area contributed by atoms with Crippen molar-refractivity contribution >= 4 is 22.4 Å². The molecule has 1 N–H and O–H groups in total. The molecule has 1 aromatic rings. The van der Waals surface area contributed by atoms with Gasteiger partial charge in [-0.05, 0) is 55.9 Å². The van der Waals surface area contributed by atoms with E-state index in [-0.39, 0.29) is 18.4 Å². The molecule has 0 bridgehead atoms. The molecule has 1 aliphatic heterocycles. The Kier molecular flexibility index (Phi) is 5.30. The van der Waals surface area contributed by atoms with Gasteiger partial charge in [0, 0.05) is 25.7 Å². The summed E-state index contributed by atoms with van der Waals surface area (Å²) in [6.45, 7) is 3.86. The van der Waals surface area contributed by atoms with Gasteiger partial charge >= 0.3 is 0 Å². The van der Waals surface area contributed by atoms with Gasteiger partial charge in [-0.2, -0.15) is 4.31 Å². The highest BCUT2D eigenvalue weighted by molar-refractivity contribution is 7.89. The van der Waals surface area contributed by atoms with Gasteiger partial charge in [-0.15, -0.1) is 12.4 Å². The van der Waals surface area contributed by atoms with Crippen molar-refractivity contribution in [2.75, 3.05) is 19.6 Å². The normalized spacial score (nSPS) is 23.2. The number of piperazine rings is 1. The average Bonchev–Trinajstić information content (AvgIpc) is 2.46. The van der Waals surface area contributed by atoms with Gasteiger partial charge in [-0.25, -0.2) is 8.42 Å². The Morgan fingerprint density at radius 3 is 2.62 bits per heavy atom. The highest BCUT2D eigenvalue weighted by Gasteiger charge is 2.29. The predicted molar refractivity (Wildman–Crippen MR) is 86.6 cm³/mol. The van der Waals surface area contributed by atoms with E-state index in [9.17, 15) is 8.42 Å². The van der Waals surface area contributed by atoms with Gasteiger partial charge in [0.05, 0.1) is 4.90 Å². The molecule has 0 radical (unpaired) electrons. The molecule has 4 nitrogen and oxygen atoms in total. The lowest BCUT2D eigenvalue weighted by molar-refractivity contribution is 0.310. The molecule has 0 aromatic heterocycles. The average molecular weight is 331 g/mol. The number of nitrogens with zero attached hydrogens (tertiary/aromatic N) is 1. The smallest absolute Gasteiger partial charge is 0.243 e. The standard InChI is InChI=1S/C15H22N2O2S.ClH/c1-12-11-17(9-8-16-12)20(18,19)15-7-6-13-4-2-3-5-14(13)10-15;/h6-7,10,12,16H,2-5,8-9,11H2,1H3;1H/t12-;/m0./s1. The van der Waals surface area contributed by atoms with E-state index in [0.29, 0.717) is 18.0 Å². The minimum absolute atomic E-state index is 0. The molecule has 21 heavy (non-hydrogen) atoms. The van der Waals surface area contributed by atoms with Crippen LogP contribution in [0.4, 0.5) is 0 Å². The van der Waals surface area contributed by atoms with Crippen molar-refractivity contribution in [3.63, 3.8) is 0 Å². The Morgan fingerprint density at radius 2 is 1.90 bits per heavy atom. The van der Waals surface area contributed by atoms with E-state index in [2.05, 4.69) is 5.32 Å². The van der Waals surface area contributed by atoms with Crippen LogP contribution in [0.1, 0.15) is 30.9 Å². The van der Waals surface area contributed by atoms with Crippen molar-refractivity contribution < 1.29 is 8.42 Å². The summed E-state index contributed by atoms with van der Waals surface area (Å²) >= 11 is 0. The fraction of sp³-hybridized carbons (Fsp3) is 0.600. The molecule has 6 heteroatoms. The second kappa shape index (κ2) is 6.65. The van der Waals surface area contributed by atoms with E-state index in [1.807, 2.05) is 19.1 Å². The van der Waals surface area contributed by atoms with Crippen LogP contribution in [0, 0.1) is 0 Å². The Morgan fingerprint density at radius 1 is 1.19 bits per heavy atom. The van der Waals surface area contributed by atoms with E-state index >= 15 is 0 Å². The van der Waals surface area contributed by atoms with Gasteiger partial charge in [0.15, 0.2) is 0 Å². The highest BCUT2D eigenvalue weighted by atomic mass is 35.5. The third-order valence-electron chi connectivity index (χ3n) is 4.29. The largest absolute Gasteiger partial charge is 0.312 e. The maximum atomic E-state index is 12.7. The zero-order chi connectivity index (χ0) is 14.2. The molecule has 1 fully saturated rings. The number of nitrogens with one attached hydrogen (secondary N) is 1. The van der Waals surface area contributed by atoms with Crippen LogP contribution in [-0.2, 0) is 22.9 Å². The number of fused-ring (bicyclic) bond motifs is 1. The first-order chi connectivity index (χ1) is 9.57. The van der Waals surface area contributed by atoms with Crippen molar-refractivity contribution in [3.05, 3.63) is 29.3 Å². The number of benzene rings is 1. The van der Waals surface area contributed by atoms with Crippen LogP contribution in [0.2, 0.25) is 0 Å². The zero-order valence-electron chi connectivity index (χ0n) is 12.3. The molecular weight excluding hydrogens is 308 g/mol. The van der Waals surface area contributed by atoms with Crippen LogP contribution >= 0.6 is 12.4 Å². The lowest BCUT2D eigenvalue weighted by Gasteiger charge is -2.31. The predicted octanol–water partition coefficient (Wildman–Crippen LogP) is 1.97. The molecule has 2 aliphatic rings. The van der Waals surface area contributed by atoms with Crippen molar-refractivity contribution in [3.8, 4) is 0 Å². The van der Waals surface area contributed by atoms with Crippen LogP contribution in [-0.4, -0.2) is 38.4 Å². The van der Waals surface area contributed by atoms with Crippen LogP contribution < -0.4 is 5.32 Å². The summed E-state index contributed by atoms with van der Waals surface area (Å²) in [4.78, 5) is 0.465. The first-order valence-corrected chi connectivity index (χ1v) is 8.87. The van der Waals surface area contributed by atoms with Crippen molar-refractivity contribution in [2.45, 2.75) is 43.5 Å². The van der Waals surface area contributed by atoms with E-state index < -0.39 is 10.0 Å². The molecule has 1 atom stereocenters. The van der Waals surface area contributed by atoms with E-state index in [1.54, 1.807) is 10.4 Å². The zero-order valence-corrected chi connectivity index (χ0v) is 14.0. The van der Waals surface area contributed by atoms with Gasteiger partial charge in [0.1, 0.15) is 0 Å². The summed E-state index contributed by atoms with van der Waals surface area (Å²) in [7, 11) is -3.34. The van der Waals surface area contributed by atoms with Crippen LogP contribution in [0.3, 0.4) is 0 Å². The molecule has 0 amide bonds. The molecule has 1 aliphatic carbocycles. The molecule has 0 unspecified atom stereocenters. The first-order valence-electron chi connectivity index (χ1n) is 7.43. The summed E-state index contributed by atoms with van der Waals surface area (Å²) in [6, 6.07) is 5.91. The Labute approximate surface area is 133 Å². The van der Waals surface area contributed by atoms with Crippen molar-refractivity contribution in [1.82, 2.24) is 9.62 Å². The number of halogens is 1. The molecule has 1 aromatic carbocycles. The SMILES string of the molecule is C[C@H]1CN(S(=O)(=O)c2ccc3c(c2)CCCC3)CCN1.Cl. The van der Waals surface area contributed by atoms with Crippen LogP contribution in [0.25, 0.3) is 0 Å². The maximum absolute atomic E-state index is 12.7. The summed E-state index contributed by atoms with van der Waals surface area (Å²) < 4.78 is 27.0. The highest BCUT2D eigenvalue weighted by Crippen LogP contribution is 2.26. The van der Waals surface area contributed by atoms with Crippen LogP contribution in [0.15, 0.2) is 23.1 Å². The summed E-state index contributed by atoms with van der Waals surface area (Å²) in [5.74, 6) is 0. The molecule has 0 spiro atoms. The second-order valence-corrected chi connectivity index (χ2v) is 7.79. The quantitative estimate of drug-likeness (QED) is 0.902. The third kappa shape index (κ3) is 3.42. The topological polar surface area (TPSA) is 49.4 Å². The summed E-state index contributed by atoms with van der Waals surface area (Å²) in [6.07, 6.45) is 4.48. The Balaban J connectivity index is 0.00000161. The lowest BCUT2D eigenvalue weighted by atomic mass is 9.92. The number of hydrogen-bond acceptors (Lipinski definition) is 3. The summed E-state index contributed by atoms with van der Waals surface area (Å²) in [5, 5.41) is 3.28. The Hall–Kier alpha value is -0.620. The van der Waals surface area contributed by atoms with Gasteiger partial charge in [-0.3, -0.25) is 0 Å². The maximum Gasteiger partial charge on any atom is 0.243 e. The molecule has 1 heterocycles. The second-order valence-electron chi connectivity index (χ2n) is 5.86. The number of sulfonamides is 1. The third-order valence-corrected chi connectivity index (χ3v) is 6.15. The molecule has 0 saturated carbocycles. The van der Waals surface area contributed by atoms with Gasteiger partial charge < -0.3 is 5.32 Å². The molecule has 118 valence electrons. The first kappa shape index (κ1) is 16.7. The van der Waals surface area contributed by atoms with Crippen molar-refractivity contribution in [1.29, 1.82) is 0 Å². The van der Waals surface area contributed by atoms with Crippen LogP contribution in [0.5, 0.6) is 0 Å². The fourth-order valence-electron chi connectivity index (χ4n) is 3.13. The number of aryl methyl sites for hydroxylation is 2. The number of hydrogen-bond donors (Lipinski definition) is 1. The monoisotopic (exact) mass is 330 g/mol. The molecular formula is C15H23ClN2O2S.